The highest BCUT2D eigenvalue weighted by molar-refractivity contribution is 5.95. The molecule has 2 aliphatic rings. The summed E-state index contributed by atoms with van der Waals surface area (Å²) in [6, 6.07) is 7.16. The molecule has 0 bridgehead atoms. The van der Waals surface area contributed by atoms with Crippen molar-refractivity contribution in [3.05, 3.63) is 64.7 Å². The quantitative estimate of drug-likeness (QED) is 0.421. The number of carbonyl (C=O) groups is 3. The second kappa shape index (κ2) is 12.5. The normalized spacial score (nSPS) is 20.1. The van der Waals surface area contributed by atoms with Crippen molar-refractivity contribution in [3.8, 4) is 5.75 Å². The molecule has 3 amide bonds. The van der Waals surface area contributed by atoms with E-state index in [1.807, 2.05) is 0 Å². The van der Waals surface area contributed by atoms with Crippen molar-refractivity contribution >= 4 is 17.7 Å². The molecule has 7 nitrogen and oxygen atoms in total. The highest BCUT2D eigenvalue weighted by Crippen LogP contribution is 2.38. The van der Waals surface area contributed by atoms with Crippen LogP contribution in [0.5, 0.6) is 5.75 Å². The third-order valence-electron chi connectivity index (χ3n) is 8.37. The van der Waals surface area contributed by atoms with Crippen LogP contribution in [0.25, 0.3) is 0 Å². The zero-order chi connectivity index (χ0) is 31.7. The van der Waals surface area contributed by atoms with E-state index in [-0.39, 0.29) is 43.3 Å². The molecule has 0 radical (unpaired) electrons. The first-order valence-electron chi connectivity index (χ1n) is 13.8. The molecule has 4 rings (SSSR count). The number of likely N-dealkylation sites (N-methyl/N-ethyl adjacent to an activating group) is 1. The molecular weight excluding hydrogens is 580 g/mol. The van der Waals surface area contributed by atoms with Crippen molar-refractivity contribution in [2.24, 2.45) is 5.92 Å². The molecule has 2 fully saturated rings. The minimum Gasteiger partial charge on any atom is -0.497 e. The maximum absolute atomic E-state index is 13.5. The van der Waals surface area contributed by atoms with Crippen LogP contribution < -0.4 is 4.74 Å². The molecule has 2 aromatic carbocycles. The Balaban J connectivity index is 1.62. The number of piperidine rings is 2. The Bertz CT molecular complexity index is 1300. The molecule has 43 heavy (non-hydrogen) atoms. The van der Waals surface area contributed by atoms with Gasteiger partial charge in [-0.1, -0.05) is 12.1 Å². The Morgan fingerprint density at radius 3 is 1.86 bits per heavy atom. The first-order chi connectivity index (χ1) is 20.1. The Labute approximate surface area is 245 Å². The summed E-state index contributed by atoms with van der Waals surface area (Å²) in [7, 11) is 2.85. The number of benzene rings is 2. The summed E-state index contributed by atoms with van der Waals surface area (Å²) in [6.45, 7) is 2.86. The molecule has 2 aromatic rings. The van der Waals surface area contributed by atoms with Gasteiger partial charge in [0, 0.05) is 63.6 Å². The molecule has 13 heteroatoms. The van der Waals surface area contributed by atoms with E-state index < -0.39 is 46.9 Å². The number of amides is 3. The van der Waals surface area contributed by atoms with E-state index in [1.165, 1.54) is 26.0 Å². The molecule has 2 unspecified atom stereocenters. The van der Waals surface area contributed by atoms with E-state index >= 15 is 0 Å². The lowest BCUT2D eigenvalue weighted by Gasteiger charge is -2.44. The van der Waals surface area contributed by atoms with Gasteiger partial charge in [-0.25, -0.2) is 0 Å². The first-order valence-corrected chi connectivity index (χ1v) is 13.8. The highest BCUT2D eigenvalue weighted by atomic mass is 19.4. The summed E-state index contributed by atoms with van der Waals surface area (Å²) in [5, 5.41) is 0. The molecule has 0 saturated carbocycles. The number of carbonyl (C=O) groups excluding carboxylic acids is 3. The number of hydrogen-bond donors (Lipinski definition) is 0. The van der Waals surface area contributed by atoms with Gasteiger partial charge in [-0.15, -0.1) is 0 Å². The average Bonchev–Trinajstić information content (AvgIpc) is 2.98. The van der Waals surface area contributed by atoms with Gasteiger partial charge in [0.25, 0.3) is 5.91 Å². The Hall–Kier alpha value is -3.77. The monoisotopic (exact) mass is 613 g/mol. The van der Waals surface area contributed by atoms with Crippen LogP contribution >= 0.6 is 0 Å². The lowest BCUT2D eigenvalue weighted by Crippen LogP contribution is -2.53. The zero-order valence-corrected chi connectivity index (χ0v) is 24.0. The summed E-state index contributed by atoms with van der Waals surface area (Å²) in [6.07, 6.45) is -8.90. The molecular formula is C30H33F6N3O4. The van der Waals surface area contributed by atoms with Crippen LogP contribution in [0.2, 0.25) is 0 Å². The fraction of sp³-hybridized carbons (Fsp3) is 0.500. The lowest BCUT2D eigenvalue weighted by molar-refractivity contribution is -0.143. The van der Waals surface area contributed by atoms with E-state index in [0.29, 0.717) is 43.8 Å². The van der Waals surface area contributed by atoms with E-state index in [9.17, 15) is 40.7 Å². The third kappa shape index (κ3) is 7.24. The van der Waals surface area contributed by atoms with Gasteiger partial charge in [-0.05, 0) is 55.2 Å². The van der Waals surface area contributed by atoms with Crippen LogP contribution in [0.1, 0.15) is 59.2 Å². The molecule has 0 aliphatic carbocycles. The van der Waals surface area contributed by atoms with Crippen LogP contribution in [0.3, 0.4) is 0 Å². The lowest BCUT2D eigenvalue weighted by atomic mass is 9.83. The number of methoxy groups -OCH3 is 1. The van der Waals surface area contributed by atoms with E-state index in [1.54, 1.807) is 34.1 Å². The van der Waals surface area contributed by atoms with Gasteiger partial charge in [0.15, 0.2) is 0 Å². The van der Waals surface area contributed by atoms with Gasteiger partial charge in [0.2, 0.25) is 11.8 Å². The van der Waals surface area contributed by atoms with Crippen LogP contribution in [-0.4, -0.2) is 78.8 Å². The molecule has 234 valence electrons. The predicted molar refractivity (Wildman–Crippen MR) is 144 cm³/mol. The Morgan fingerprint density at radius 1 is 0.837 bits per heavy atom. The van der Waals surface area contributed by atoms with E-state index in [4.69, 9.17) is 4.74 Å². The molecule has 2 atom stereocenters. The first kappa shape index (κ1) is 32.2. The van der Waals surface area contributed by atoms with Gasteiger partial charge in [-0.2, -0.15) is 26.3 Å². The fourth-order valence-electron chi connectivity index (χ4n) is 5.91. The predicted octanol–water partition coefficient (Wildman–Crippen LogP) is 5.45. The van der Waals surface area contributed by atoms with Crippen molar-refractivity contribution in [1.29, 1.82) is 0 Å². The molecule has 0 N–H and O–H groups in total. The summed E-state index contributed by atoms with van der Waals surface area (Å²) < 4.78 is 86.1. The number of ether oxygens (including phenoxy) is 1. The maximum Gasteiger partial charge on any atom is 0.416 e. The second-order valence-electron chi connectivity index (χ2n) is 11.0. The van der Waals surface area contributed by atoms with Crippen molar-refractivity contribution < 1.29 is 45.5 Å². The van der Waals surface area contributed by atoms with Crippen molar-refractivity contribution in [2.45, 2.75) is 50.5 Å². The highest BCUT2D eigenvalue weighted by Gasteiger charge is 2.41. The summed E-state index contributed by atoms with van der Waals surface area (Å²) in [5.41, 5.74) is -3.13. The van der Waals surface area contributed by atoms with Crippen molar-refractivity contribution in [3.63, 3.8) is 0 Å². The van der Waals surface area contributed by atoms with E-state index in [2.05, 4.69) is 0 Å². The molecule has 0 spiro atoms. The molecule has 2 aliphatic heterocycles. The van der Waals surface area contributed by atoms with Gasteiger partial charge < -0.3 is 19.4 Å². The standard InChI is InChI=1S/C30H33F6N3O4/c1-18(40)38-11-8-20(9-12-38)28(42)39-13-10-26(25(17-39)19-4-6-24(43-3)7-5-19)37(2)27(41)21-14-22(29(31,32)33)16-23(15-21)30(34,35)36/h4-7,14-16,20,25-26H,8-13,17H2,1-3H3. The zero-order valence-electron chi connectivity index (χ0n) is 24.0. The number of alkyl halides is 6. The van der Waals surface area contributed by atoms with Gasteiger partial charge in [0.05, 0.1) is 18.2 Å². The Kier molecular flexibility index (Phi) is 9.31. The van der Waals surface area contributed by atoms with Crippen LogP contribution in [0.4, 0.5) is 26.3 Å². The summed E-state index contributed by atoms with van der Waals surface area (Å²) in [4.78, 5) is 43.3. The molecule has 2 saturated heterocycles. The Morgan fingerprint density at radius 2 is 1.37 bits per heavy atom. The maximum atomic E-state index is 13.5. The topological polar surface area (TPSA) is 70.2 Å². The fourth-order valence-corrected chi connectivity index (χ4v) is 5.91. The number of rotatable bonds is 5. The summed E-state index contributed by atoms with van der Waals surface area (Å²) >= 11 is 0. The number of likely N-dealkylation sites (tertiary alicyclic amines) is 2. The largest absolute Gasteiger partial charge is 0.497 e. The van der Waals surface area contributed by atoms with Crippen LogP contribution in [0.15, 0.2) is 42.5 Å². The second-order valence-corrected chi connectivity index (χ2v) is 11.0. The van der Waals surface area contributed by atoms with E-state index in [0.717, 1.165) is 5.56 Å². The van der Waals surface area contributed by atoms with Crippen molar-refractivity contribution in [2.75, 3.05) is 40.3 Å². The average molecular weight is 614 g/mol. The smallest absolute Gasteiger partial charge is 0.416 e. The van der Waals surface area contributed by atoms with Crippen LogP contribution in [0, 0.1) is 5.92 Å². The van der Waals surface area contributed by atoms with Crippen LogP contribution in [-0.2, 0) is 21.9 Å². The minimum atomic E-state index is -5.09. The number of hydrogen-bond acceptors (Lipinski definition) is 4. The molecule has 2 heterocycles. The summed E-state index contributed by atoms with van der Waals surface area (Å²) in [5.74, 6) is -1.33. The van der Waals surface area contributed by atoms with Gasteiger partial charge in [0.1, 0.15) is 5.75 Å². The minimum absolute atomic E-state index is 0.0120. The third-order valence-corrected chi connectivity index (χ3v) is 8.37. The number of nitrogens with zero attached hydrogens (tertiary/aromatic N) is 3. The van der Waals surface area contributed by atoms with Gasteiger partial charge >= 0.3 is 12.4 Å². The molecule has 0 aromatic heterocycles. The number of halogens is 6. The van der Waals surface area contributed by atoms with Gasteiger partial charge in [-0.3, -0.25) is 14.4 Å². The SMILES string of the molecule is COc1ccc(C2CN(C(=O)C3CCN(C(C)=O)CC3)CCC2N(C)C(=O)c2cc(C(F)(F)F)cc(C(F)(F)F)c2)cc1. The van der Waals surface area contributed by atoms with Crippen molar-refractivity contribution in [1.82, 2.24) is 14.7 Å².